The van der Waals surface area contributed by atoms with Crippen molar-refractivity contribution in [2.45, 2.75) is 45.8 Å². The molecule has 0 aliphatic carbocycles. The van der Waals surface area contributed by atoms with Crippen LogP contribution in [0.5, 0.6) is 0 Å². The molecule has 0 saturated carbocycles. The van der Waals surface area contributed by atoms with E-state index in [-0.39, 0.29) is 18.4 Å². The van der Waals surface area contributed by atoms with Gasteiger partial charge in [-0.15, -0.1) is 0 Å². The van der Waals surface area contributed by atoms with Crippen molar-refractivity contribution < 1.29 is 9.90 Å². The van der Waals surface area contributed by atoms with E-state index in [1.165, 1.54) is 0 Å². The lowest BCUT2D eigenvalue weighted by atomic mass is 9.96. The molecule has 0 radical (unpaired) electrons. The van der Waals surface area contributed by atoms with Crippen LogP contribution in [0.1, 0.15) is 55.2 Å². The van der Waals surface area contributed by atoms with E-state index in [4.69, 9.17) is 0 Å². The fourth-order valence-corrected chi connectivity index (χ4v) is 2.45. The summed E-state index contributed by atoms with van der Waals surface area (Å²) in [4.78, 5) is 12.5. The molecule has 1 aromatic heterocycles. The monoisotopic (exact) mass is 315 g/mol. The number of aliphatic hydroxyl groups is 1. The Morgan fingerprint density at radius 3 is 2.57 bits per heavy atom. The Labute approximate surface area is 137 Å². The minimum atomic E-state index is -1.12. The Hall–Kier alpha value is -2.14. The van der Waals surface area contributed by atoms with Gasteiger partial charge < -0.3 is 10.4 Å². The average Bonchev–Trinajstić information content (AvgIpc) is 2.98. The number of rotatable bonds is 6. The maximum Gasteiger partial charge on any atom is 0.254 e. The van der Waals surface area contributed by atoms with Crippen LogP contribution in [0.2, 0.25) is 0 Å². The Morgan fingerprint density at radius 2 is 2.00 bits per heavy atom. The summed E-state index contributed by atoms with van der Waals surface area (Å²) in [5.74, 6) is -0.0391. The molecule has 23 heavy (non-hydrogen) atoms. The van der Waals surface area contributed by atoms with Gasteiger partial charge in [0, 0.05) is 12.7 Å². The Morgan fingerprint density at radius 1 is 1.35 bits per heavy atom. The minimum Gasteiger partial charge on any atom is -0.384 e. The van der Waals surface area contributed by atoms with E-state index in [0.29, 0.717) is 12.1 Å². The van der Waals surface area contributed by atoms with Gasteiger partial charge in [0.05, 0.1) is 17.8 Å². The second-order valence-electron chi connectivity index (χ2n) is 6.26. The van der Waals surface area contributed by atoms with Crippen LogP contribution in [0, 0.1) is 0 Å². The molecule has 0 bridgehead atoms. The van der Waals surface area contributed by atoms with Gasteiger partial charge in [-0.3, -0.25) is 9.48 Å². The number of hydrogen-bond donors (Lipinski definition) is 2. The van der Waals surface area contributed by atoms with E-state index in [1.807, 2.05) is 51.1 Å². The molecule has 1 aromatic carbocycles. The zero-order valence-corrected chi connectivity index (χ0v) is 14.2. The summed E-state index contributed by atoms with van der Waals surface area (Å²) in [7, 11) is 0. The largest absolute Gasteiger partial charge is 0.384 e. The van der Waals surface area contributed by atoms with Crippen molar-refractivity contribution in [2.75, 3.05) is 6.54 Å². The lowest BCUT2D eigenvalue weighted by molar-refractivity contribution is 0.0526. The van der Waals surface area contributed by atoms with Crippen molar-refractivity contribution in [3.05, 3.63) is 53.3 Å². The second kappa shape index (κ2) is 6.96. The zero-order valence-electron chi connectivity index (χ0n) is 14.2. The van der Waals surface area contributed by atoms with Crippen molar-refractivity contribution >= 4 is 5.91 Å². The molecule has 1 heterocycles. The van der Waals surface area contributed by atoms with Gasteiger partial charge in [-0.1, -0.05) is 44.2 Å². The third kappa shape index (κ3) is 3.99. The van der Waals surface area contributed by atoms with Crippen molar-refractivity contribution in [2.24, 2.45) is 0 Å². The van der Waals surface area contributed by atoms with Crippen molar-refractivity contribution in [3.8, 4) is 0 Å². The maximum absolute atomic E-state index is 12.5. The molecule has 0 aliphatic heterocycles. The predicted molar refractivity (Wildman–Crippen MR) is 90.3 cm³/mol. The average molecular weight is 315 g/mol. The molecule has 1 unspecified atom stereocenters. The Balaban J connectivity index is 2.12. The summed E-state index contributed by atoms with van der Waals surface area (Å²) in [6.45, 7) is 8.57. The topological polar surface area (TPSA) is 67.2 Å². The first-order valence-electron chi connectivity index (χ1n) is 7.98. The SMILES string of the molecule is CCn1cc(C(=O)NCC(C)(O)c2ccccc2)c(C(C)C)n1. The fraction of sp³-hybridized carbons (Fsp3) is 0.444. The summed E-state index contributed by atoms with van der Waals surface area (Å²) in [5, 5.41) is 17.8. The smallest absolute Gasteiger partial charge is 0.254 e. The number of amides is 1. The van der Waals surface area contributed by atoms with Gasteiger partial charge in [-0.25, -0.2) is 0 Å². The highest BCUT2D eigenvalue weighted by Crippen LogP contribution is 2.21. The van der Waals surface area contributed by atoms with Crippen molar-refractivity contribution in [1.82, 2.24) is 15.1 Å². The molecule has 0 fully saturated rings. The van der Waals surface area contributed by atoms with E-state index in [2.05, 4.69) is 10.4 Å². The zero-order chi connectivity index (χ0) is 17.0. The number of aromatic nitrogens is 2. The van der Waals surface area contributed by atoms with Gasteiger partial charge in [0.2, 0.25) is 0 Å². The van der Waals surface area contributed by atoms with E-state index in [0.717, 1.165) is 11.3 Å². The third-order valence-corrected chi connectivity index (χ3v) is 3.89. The van der Waals surface area contributed by atoms with Crippen LogP contribution in [0.4, 0.5) is 0 Å². The maximum atomic E-state index is 12.5. The van der Waals surface area contributed by atoms with Gasteiger partial charge in [-0.2, -0.15) is 5.10 Å². The second-order valence-corrected chi connectivity index (χ2v) is 6.26. The van der Waals surface area contributed by atoms with Crippen molar-refractivity contribution in [1.29, 1.82) is 0 Å². The summed E-state index contributed by atoms with van der Waals surface area (Å²) in [6.07, 6.45) is 1.77. The first-order valence-corrected chi connectivity index (χ1v) is 7.98. The van der Waals surface area contributed by atoms with Gasteiger partial charge in [0.15, 0.2) is 0 Å². The first-order chi connectivity index (χ1) is 10.8. The van der Waals surface area contributed by atoms with Gasteiger partial charge in [-0.05, 0) is 25.3 Å². The molecule has 1 atom stereocenters. The summed E-state index contributed by atoms with van der Waals surface area (Å²) < 4.78 is 1.76. The van der Waals surface area contributed by atoms with Gasteiger partial charge in [0.25, 0.3) is 5.91 Å². The van der Waals surface area contributed by atoms with E-state index >= 15 is 0 Å². The highest BCUT2D eigenvalue weighted by molar-refractivity contribution is 5.95. The van der Waals surface area contributed by atoms with Crippen LogP contribution < -0.4 is 5.32 Å². The molecule has 2 aromatic rings. The van der Waals surface area contributed by atoms with Crippen LogP contribution in [0.15, 0.2) is 36.5 Å². The molecule has 0 aliphatic rings. The number of hydrogen-bond acceptors (Lipinski definition) is 3. The number of aryl methyl sites for hydroxylation is 1. The molecule has 2 N–H and O–H groups in total. The summed E-state index contributed by atoms with van der Waals surface area (Å²) >= 11 is 0. The lowest BCUT2D eigenvalue weighted by Gasteiger charge is -2.24. The minimum absolute atomic E-state index is 0.144. The highest BCUT2D eigenvalue weighted by Gasteiger charge is 2.25. The van der Waals surface area contributed by atoms with E-state index in [9.17, 15) is 9.90 Å². The molecule has 5 heteroatoms. The van der Waals surface area contributed by atoms with Crippen LogP contribution in [-0.2, 0) is 12.1 Å². The fourth-order valence-electron chi connectivity index (χ4n) is 2.45. The third-order valence-electron chi connectivity index (χ3n) is 3.89. The van der Waals surface area contributed by atoms with Gasteiger partial charge >= 0.3 is 0 Å². The van der Waals surface area contributed by atoms with Crippen LogP contribution >= 0.6 is 0 Å². The molecular weight excluding hydrogens is 290 g/mol. The molecule has 0 spiro atoms. The summed E-state index contributed by atoms with van der Waals surface area (Å²) in [6, 6.07) is 9.33. The number of nitrogens with zero attached hydrogens (tertiary/aromatic N) is 2. The number of benzene rings is 1. The van der Waals surface area contributed by atoms with Crippen LogP contribution in [-0.4, -0.2) is 27.3 Å². The quantitative estimate of drug-likeness (QED) is 0.861. The number of carbonyl (C=O) groups is 1. The molecule has 124 valence electrons. The molecule has 0 saturated heterocycles. The predicted octanol–water partition coefficient (Wildman–Crippen LogP) is 2.66. The van der Waals surface area contributed by atoms with Crippen LogP contribution in [0.25, 0.3) is 0 Å². The summed E-state index contributed by atoms with van der Waals surface area (Å²) in [5.41, 5.74) is 1.01. The number of nitrogens with one attached hydrogen (secondary N) is 1. The van der Waals surface area contributed by atoms with E-state index in [1.54, 1.807) is 17.8 Å². The molecular formula is C18H25N3O2. The van der Waals surface area contributed by atoms with E-state index < -0.39 is 5.60 Å². The Bertz CT molecular complexity index is 660. The lowest BCUT2D eigenvalue weighted by Crippen LogP contribution is -2.38. The van der Waals surface area contributed by atoms with Gasteiger partial charge in [0.1, 0.15) is 5.60 Å². The molecule has 1 amide bonds. The highest BCUT2D eigenvalue weighted by atomic mass is 16.3. The normalized spacial score (nSPS) is 13.8. The molecule has 2 rings (SSSR count). The molecule has 5 nitrogen and oxygen atoms in total. The van der Waals surface area contributed by atoms with Crippen molar-refractivity contribution in [3.63, 3.8) is 0 Å². The standard InChI is InChI=1S/C18H25N3O2/c1-5-21-11-15(16(20-21)13(2)3)17(22)19-12-18(4,23)14-9-7-6-8-10-14/h6-11,13,23H,5,12H2,1-4H3,(H,19,22). The number of carbonyl (C=O) groups excluding carboxylic acids is 1. The Kier molecular flexibility index (Phi) is 5.21. The first kappa shape index (κ1) is 17.2. The van der Waals surface area contributed by atoms with Crippen LogP contribution in [0.3, 0.4) is 0 Å².